The van der Waals surface area contributed by atoms with Gasteiger partial charge in [0, 0.05) is 4.47 Å². The van der Waals surface area contributed by atoms with E-state index in [1.54, 1.807) is 18.2 Å². The van der Waals surface area contributed by atoms with Gasteiger partial charge in [-0.2, -0.15) is 5.26 Å². The Morgan fingerprint density at radius 2 is 2.00 bits per heavy atom. The highest BCUT2D eigenvalue weighted by Gasteiger charge is 2.13. The Labute approximate surface area is 102 Å². The van der Waals surface area contributed by atoms with Crippen LogP contribution in [0.5, 0.6) is 0 Å². The van der Waals surface area contributed by atoms with Gasteiger partial charge in [-0.05, 0) is 29.7 Å². The second-order valence-corrected chi connectivity index (χ2v) is 4.05. The van der Waals surface area contributed by atoms with Crippen molar-refractivity contribution in [3.05, 3.63) is 39.9 Å². The van der Waals surface area contributed by atoms with Gasteiger partial charge in [-0.3, -0.25) is 0 Å². The van der Waals surface area contributed by atoms with Gasteiger partial charge >= 0.3 is 5.97 Å². The summed E-state index contributed by atoms with van der Waals surface area (Å²) in [5.74, 6) is -1.18. The molecule has 0 unspecified atom stereocenters. The van der Waals surface area contributed by atoms with Crippen LogP contribution in [0.3, 0.4) is 0 Å². The molecule has 0 bridgehead atoms. The van der Waals surface area contributed by atoms with Crippen molar-refractivity contribution in [2.45, 2.75) is 13.3 Å². The van der Waals surface area contributed by atoms with Gasteiger partial charge in [-0.25, -0.2) is 4.79 Å². The lowest BCUT2D eigenvalue weighted by atomic mass is 9.98. The zero-order chi connectivity index (χ0) is 12.1. The van der Waals surface area contributed by atoms with Crippen LogP contribution in [0, 0.1) is 11.3 Å². The highest BCUT2D eigenvalue weighted by molar-refractivity contribution is 9.10. The molecule has 0 fully saturated rings. The maximum absolute atomic E-state index is 10.9. The molecule has 0 saturated heterocycles. The van der Waals surface area contributed by atoms with Crippen LogP contribution < -0.4 is 0 Å². The number of nitrogens with zero attached hydrogens (tertiary/aromatic N) is 1. The predicted octanol–water partition coefficient (Wildman–Crippen LogP) is 3.22. The minimum absolute atomic E-state index is 0.190. The lowest BCUT2D eigenvalue weighted by Crippen LogP contribution is -2.02. The molecular weight excluding hydrogens is 270 g/mol. The molecule has 0 spiro atoms. The van der Waals surface area contributed by atoms with Crippen LogP contribution in [0.1, 0.15) is 18.9 Å². The van der Waals surface area contributed by atoms with Gasteiger partial charge in [0.1, 0.15) is 11.6 Å². The number of aliphatic carboxylic acids is 1. The third kappa shape index (κ3) is 2.71. The van der Waals surface area contributed by atoms with Crippen molar-refractivity contribution < 1.29 is 9.90 Å². The first-order valence-electron chi connectivity index (χ1n) is 4.72. The van der Waals surface area contributed by atoms with E-state index in [9.17, 15) is 4.79 Å². The third-order valence-corrected chi connectivity index (χ3v) is 2.70. The molecule has 0 atom stereocenters. The molecule has 1 aromatic rings. The summed E-state index contributed by atoms with van der Waals surface area (Å²) in [5.41, 5.74) is 1.14. The lowest BCUT2D eigenvalue weighted by molar-refractivity contribution is -0.132. The summed E-state index contributed by atoms with van der Waals surface area (Å²) in [7, 11) is 0. The maximum atomic E-state index is 10.9. The number of hydrogen-bond donors (Lipinski definition) is 1. The van der Waals surface area contributed by atoms with Crippen molar-refractivity contribution in [1.82, 2.24) is 0 Å². The normalized spacial score (nSPS) is 11.6. The lowest BCUT2D eigenvalue weighted by Gasteiger charge is -2.06. The second kappa shape index (κ2) is 5.47. The molecule has 82 valence electrons. The first-order valence-corrected chi connectivity index (χ1v) is 5.52. The van der Waals surface area contributed by atoms with E-state index < -0.39 is 5.97 Å². The molecule has 0 aliphatic heterocycles. The molecule has 16 heavy (non-hydrogen) atoms. The quantitative estimate of drug-likeness (QED) is 0.683. The fourth-order valence-corrected chi connectivity index (χ4v) is 1.69. The predicted molar refractivity (Wildman–Crippen MR) is 64.6 cm³/mol. The third-order valence-electron chi connectivity index (χ3n) is 2.17. The van der Waals surface area contributed by atoms with E-state index >= 15 is 0 Å². The standard InChI is InChI=1S/C12H10BrNO2/c1-2-10(11(7-14)12(15)16)8-3-5-9(13)6-4-8/h3-6H,2H2,1H3,(H,15,16)/b11-10+. The van der Waals surface area contributed by atoms with Gasteiger partial charge in [0.2, 0.25) is 0 Å². The van der Waals surface area contributed by atoms with Crippen LogP contribution in [0.4, 0.5) is 0 Å². The van der Waals surface area contributed by atoms with E-state index in [1.807, 2.05) is 19.1 Å². The topological polar surface area (TPSA) is 61.1 Å². The molecule has 4 heteroatoms. The largest absolute Gasteiger partial charge is 0.477 e. The zero-order valence-corrected chi connectivity index (χ0v) is 10.3. The van der Waals surface area contributed by atoms with Gasteiger partial charge in [-0.1, -0.05) is 35.0 Å². The number of halogens is 1. The van der Waals surface area contributed by atoms with Crippen molar-refractivity contribution in [2.75, 3.05) is 0 Å². The Morgan fingerprint density at radius 3 is 2.38 bits per heavy atom. The van der Waals surface area contributed by atoms with Crippen molar-refractivity contribution in [2.24, 2.45) is 0 Å². The average Bonchev–Trinajstić information content (AvgIpc) is 2.26. The fourth-order valence-electron chi connectivity index (χ4n) is 1.42. The molecule has 0 heterocycles. The number of benzene rings is 1. The van der Waals surface area contributed by atoms with E-state index in [0.717, 1.165) is 10.0 Å². The molecule has 1 rings (SSSR count). The highest BCUT2D eigenvalue weighted by atomic mass is 79.9. The molecular formula is C12H10BrNO2. The Bertz CT molecular complexity index is 469. The fraction of sp³-hybridized carbons (Fsp3) is 0.167. The number of allylic oxidation sites excluding steroid dienone is 1. The first kappa shape index (κ1) is 12.5. The van der Waals surface area contributed by atoms with Gasteiger partial charge in [0.25, 0.3) is 0 Å². The van der Waals surface area contributed by atoms with Crippen molar-refractivity contribution in [1.29, 1.82) is 5.26 Å². The summed E-state index contributed by atoms with van der Waals surface area (Å²) in [5, 5.41) is 17.7. The Balaban J connectivity index is 3.32. The SMILES string of the molecule is CC/C(=C(/C#N)C(=O)O)c1ccc(Br)cc1. The number of rotatable bonds is 3. The summed E-state index contributed by atoms with van der Waals surface area (Å²) in [6.07, 6.45) is 0.511. The monoisotopic (exact) mass is 279 g/mol. The van der Waals surface area contributed by atoms with Crippen molar-refractivity contribution in [3.8, 4) is 6.07 Å². The number of carboxylic acid groups (broad SMARTS) is 1. The molecule has 0 saturated carbocycles. The summed E-state index contributed by atoms with van der Waals surface area (Å²) in [4.78, 5) is 10.9. The Morgan fingerprint density at radius 1 is 1.44 bits per heavy atom. The number of hydrogen-bond acceptors (Lipinski definition) is 2. The molecule has 0 aliphatic carbocycles. The zero-order valence-electron chi connectivity index (χ0n) is 8.70. The van der Waals surface area contributed by atoms with E-state index in [1.165, 1.54) is 0 Å². The number of carboxylic acids is 1. The van der Waals surface area contributed by atoms with Crippen LogP contribution in [0.25, 0.3) is 5.57 Å². The summed E-state index contributed by atoms with van der Waals surface area (Å²) >= 11 is 3.30. The summed E-state index contributed by atoms with van der Waals surface area (Å²) < 4.78 is 0.917. The number of carbonyl (C=O) groups is 1. The van der Waals surface area contributed by atoms with E-state index in [0.29, 0.717) is 12.0 Å². The second-order valence-electron chi connectivity index (χ2n) is 3.13. The van der Waals surface area contributed by atoms with Crippen LogP contribution in [-0.4, -0.2) is 11.1 Å². The molecule has 0 aliphatic rings. The van der Waals surface area contributed by atoms with Crippen LogP contribution in [0.2, 0.25) is 0 Å². The molecule has 0 amide bonds. The van der Waals surface area contributed by atoms with E-state index in [2.05, 4.69) is 15.9 Å². The minimum atomic E-state index is -1.18. The summed E-state index contributed by atoms with van der Waals surface area (Å²) in [6.45, 7) is 1.83. The van der Waals surface area contributed by atoms with Gasteiger partial charge < -0.3 is 5.11 Å². The van der Waals surface area contributed by atoms with Crippen LogP contribution in [0.15, 0.2) is 34.3 Å². The van der Waals surface area contributed by atoms with Crippen molar-refractivity contribution in [3.63, 3.8) is 0 Å². The van der Waals surface area contributed by atoms with Crippen LogP contribution in [-0.2, 0) is 4.79 Å². The Hall–Kier alpha value is -1.60. The smallest absolute Gasteiger partial charge is 0.346 e. The van der Waals surface area contributed by atoms with E-state index in [-0.39, 0.29) is 5.57 Å². The van der Waals surface area contributed by atoms with Crippen LogP contribution >= 0.6 is 15.9 Å². The van der Waals surface area contributed by atoms with Gasteiger partial charge in [0.15, 0.2) is 0 Å². The van der Waals surface area contributed by atoms with E-state index in [4.69, 9.17) is 10.4 Å². The molecule has 0 aromatic heterocycles. The maximum Gasteiger partial charge on any atom is 0.346 e. The highest BCUT2D eigenvalue weighted by Crippen LogP contribution is 2.23. The molecule has 0 radical (unpaired) electrons. The van der Waals surface area contributed by atoms with Gasteiger partial charge in [0.05, 0.1) is 0 Å². The number of nitriles is 1. The van der Waals surface area contributed by atoms with Gasteiger partial charge in [-0.15, -0.1) is 0 Å². The molecule has 3 nitrogen and oxygen atoms in total. The minimum Gasteiger partial charge on any atom is -0.477 e. The van der Waals surface area contributed by atoms with Crippen molar-refractivity contribution >= 4 is 27.5 Å². The molecule has 1 N–H and O–H groups in total. The average molecular weight is 280 g/mol. The summed E-state index contributed by atoms with van der Waals surface area (Å²) in [6, 6.07) is 8.97. The Kier molecular flexibility index (Phi) is 4.27. The molecule has 1 aromatic carbocycles. The first-order chi connectivity index (χ1) is 7.60.